The summed E-state index contributed by atoms with van der Waals surface area (Å²) in [4.78, 5) is 31.4. The van der Waals surface area contributed by atoms with Crippen molar-refractivity contribution in [3.8, 4) is 0 Å². The summed E-state index contributed by atoms with van der Waals surface area (Å²) in [6.07, 6.45) is 3.39. The molecule has 0 spiro atoms. The minimum Gasteiger partial charge on any atom is -0.449 e. The summed E-state index contributed by atoms with van der Waals surface area (Å²) in [6, 6.07) is 6.16. The van der Waals surface area contributed by atoms with Gasteiger partial charge in [-0.05, 0) is 31.2 Å². The van der Waals surface area contributed by atoms with Gasteiger partial charge in [-0.15, -0.1) is 0 Å². The lowest BCUT2D eigenvalue weighted by Gasteiger charge is -2.13. The van der Waals surface area contributed by atoms with Crippen molar-refractivity contribution >= 4 is 29.3 Å². The lowest BCUT2D eigenvalue weighted by atomic mass is 10.3. The Morgan fingerprint density at radius 2 is 1.95 bits per heavy atom. The highest BCUT2D eigenvalue weighted by atomic mass is 35.5. The number of pyridine rings is 2. The second-order valence-electron chi connectivity index (χ2n) is 4.13. The number of halogens is 1. The van der Waals surface area contributed by atoms with E-state index in [1.165, 1.54) is 37.6 Å². The fourth-order valence-electron chi connectivity index (χ4n) is 1.45. The molecule has 7 heteroatoms. The van der Waals surface area contributed by atoms with E-state index in [1.54, 1.807) is 12.1 Å². The highest BCUT2D eigenvalue weighted by Gasteiger charge is 2.19. The van der Waals surface area contributed by atoms with Gasteiger partial charge in [0.2, 0.25) is 0 Å². The molecule has 0 radical (unpaired) electrons. The Kier molecular flexibility index (Phi) is 4.84. The molecule has 0 saturated heterocycles. The van der Waals surface area contributed by atoms with Crippen molar-refractivity contribution in [3.63, 3.8) is 0 Å². The molecule has 0 aliphatic carbocycles. The summed E-state index contributed by atoms with van der Waals surface area (Å²) in [5.41, 5.74) is 0.328. The van der Waals surface area contributed by atoms with Gasteiger partial charge < -0.3 is 10.1 Å². The van der Waals surface area contributed by atoms with Crippen LogP contribution in [0.3, 0.4) is 0 Å². The van der Waals surface area contributed by atoms with Crippen LogP contribution in [0.2, 0.25) is 5.02 Å². The molecule has 1 N–H and O–H groups in total. The van der Waals surface area contributed by atoms with Crippen molar-refractivity contribution in [2.45, 2.75) is 13.0 Å². The zero-order valence-corrected chi connectivity index (χ0v) is 11.9. The monoisotopic (exact) mass is 305 g/mol. The molecular weight excluding hydrogens is 294 g/mol. The van der Waals surface area contributed by atoms with Crippen LogP contribution in [0.15, 0.2) is 42.9 Å². The van der Waals surface area contributed by atoms with Crippen LogP contribution in [0, 0.1) is 0 Å². The normalized spacial score (nSPS) is 11.5. The van der Waals surface area contributed by atoms with Gasteiger partial charge in [0.05, 0.1) is 10.6 Å². The van der Waals surface area contributed by atoms with Gasteiger partial charge in [-0.3, -0.25) is 9.78 Å². The van der Waals surface area contributed by atoms with Crippen LogP contribution in [-0.2, 0) is 9.53 Å². The molecular formula is C14H12ClN3O3. The number of esters is 1. The zero-order valence-electron chi connectivity index (χ0n) is 11.1. The van der Waals surface area contributed by atoms with Gasteiger partial charge in [0.1, 0.15) is 5.82 Å². The molecule has 2 rings (SSSR count). The quantitative estimate of drug-likeness (QED) is 0.877. The van der Waals surface area contributed by atoms with E-state index in [4.69, 9.17) is 16.3 Å². The van der Waals surface area contributed by atoms with Crippen molar-refractivity contribution < 1.29 is 14.3 Å². The Labute approximate surface area is 126 Å². The van der Waals surface area contributed by atoms with Crippen LogP contribution in [-0.4, -0.2) is 27.9 Å². The Hall–Kier alpha value is -2.47. The van der Waals surface area contributed by atoms with Crippen LogP contribution < -0.4 is 5.32 Å². The van der Waals surface area contributed by atoms with E-state index in [-0.39, 0.29) is 0 Å². The molecule has 6 nitrogen and oxygen atoms in total. The smallest absolute Gasteiger partial charge is 0.339 e. The van der Waals surface area contributed by atoms with Gasteiger partial charge >= 0.3 is 5.97 Å². The number of anilines is 1. The SMILES string of the molecule is CC(OC(=O)c1ccncc1)C(=O)Nc1ccc(Cl)cn1. The highest BCUT2D eigenvalue weighted by Crippen LogP contribution is 2.10. The Morgan fingerprint density at radius 3 is 2.57 bits per heavy atom. The van der Waals surface area contributed by atoms with Crippen LogP contribution in [0.4, 0.5) is 5.82 Å². The Morgan fingerprint density at radius 1 is 1.24 bits per heavy atom. The fraction of sp³-hybridized carbons (Fsp3) is 0.143. The summed E-state index contributed by atoms with van der Waals surface area (Å²) < 4.78 is 5.06. The number of aromatic nitrogens is 2. The second-order valence-corrected chi connectivity index (χ2v) is 4.57. The average molecular weight is 306 g/mol. The molecule has 0 fully saturated rings. The molecule has 0 saturated carbocycles. The highest BCUT2D eigenvalue weighted by molar-refractivity contribution is 6.30. The van der Waals surface area contributed by atoms with Gasteiger partial charge in [0.15, 0.2) is 6.10 Å². The molecule has 2 aromatic rings. The number of nitrogens with one attached hydrogen (secondary N) is 1. The molecule has 0 bridgehead atoms. The molecule has 1 unspecified atom stereocenters. The van der Waals surface area contributed by atoms with Gasteiger partial charge in [0, 0.05) is 18.6 Å². The first-order chi connectivity index (χ1) is 10.1. The van der Waals surface area contributed by atoms with E-state index in [9.17, 15) is 9.59 Å². The first-order valence-electron chi connectivity index (χ1n) is 6.09. The van der Waals surface area contributed by atoms with E-state index in [1.807, 2.05) is 0 Å². The Bertz CT molecular complexity index is 632. The molecule has 1 amide bonds. The number of hydrogen-bond donors (Lipinski definition) is 1. The van der Waals surface area contributed by atoms with Crippen molar-refractivity contribution in [1.82, 2.24) is 9.97 Å². The summed E-state index contributed by atoms with van der Waals surface area (Å²) in [6.45, 7) is 1.48. The van der Waals surface area contributed by atoms with E-state index >= 15 is 0 Å². The van der Waals surface area contributed by atoms with Crippen LogP contribution in [0.1, 0.15) is 17.3 Å². The standard InChI is InChI=1S/C14H12ClN3O3/c1-9(21-14(20)10-4-6-16-7-5-10)13(19)18-12-3-2-11(15)8-17-12/h2-9H,1H3,(H,17,18,19). The number of nitrogens with zero attached hydrogens (tertiary/aromatic N) is 2. The van der Waals surface area contributed by atoms with Crippen molar-refractivity contribution in [2.24, 2.45) is 0 Å². The largest absolute Gasteiger partial charge is 0.449 e. The zero-order chi connectivity index (χ0) is 15.2. The summed E-state index contributed by atoms with van der Waals surface area (Å²) in [5.74, 6) is -0.743. The van der Waals surface area contributed by atoms with Crippen LogP contribution in [0.25, 0.3) is 0 Å². The molecule has 2 aromatic heterocycles. The first kappa shape index (κ1) is 14.9. The molecule has 2 heterocycles. The third-order valence-electron chi connectivity index (χ3n) is 2.55. The minimum atomic E-state index is -0.955. The topological polar surface area (TPSA) is 81.2 Å². The predicted molar refractivity (Wildman–Crippen MR) is 77.0 cm³/mol. The van der Waals surface area contributed by atoms with Crippen LogP contribution in [0.5, 0.6) is 0 Å². The fourth-order valence-corrected chi connectivity index (χ4v) is 1.56. The van der Waals surface area contributed by atoms with Gasteiger partial charge in [0.25, 0.3) is 5.91 Å². The molecule has 1 atom stereocenters. The van der Waals surface area contributed by atoms with Gasteiger partial charge in [-0.25, -0.2) is 9.78 Å². The van der Waals surface area contributed by atoms with Gasteiger partial charge in [-0.2, -0.15) is 0 Å². The molecule has 0 aromatic carbocycles. The van der Waals surface area contributed by atoms with Crippen molar-refractivity contribution in [1.29, 1.82) is 0 Å². The maximum Gasteiger partial charge on any atom is 0.339 e. The van der Waals surface area contributed by atoms with E-state index in [2.05, 4.69) is 15.3 Å². The second kappa shape index (κ2) is 6.81. The van der Waals surface area contributed by atoms with Crippen LogP contribution >= 0.6 is 11.6 Å². The summed E-state index contributed by atoms with van der Waals surface area (Å²) in [7, 11) is 0. The number of amides is 1. The Balaban J connectivity index is 1.93. The maximum absolute atomic E-state index is 11.9. The number of hydrogen-bond acceptors (Lipinski definition) is 5. The summed E-state index contributed by atoms with van der Waals surface area (Å²) in [5, 5.41) is 2.99. The molecule has 21 heavy (non-hydrogen) atoms. The molecule has 108 valence electrons. The first-order valence-corrected chi connectivity index (χ1v) is 6.47. The number of carbonyl (C=O) groups is 2. The number of carbonyl (C=O) groups excluding carboxylic acids is 2. The lowest BCUT2D eigenvalue weighted by molar-refractivity contribution is -0.123. The third-order valence-corrected chi connectivity index (χ3v) is 2.77. The summed E-state index contributed by atoms with van der Waals surface area (Å²) >= 11 is 5.70. The van der Waals surface area contributed by atoms with E-state index < -0.39 is 18.0 Å². The number of ether oxygens (including phenoxy) is 1. The minimum absolute atomic E-state index is 0.328. The third kappa shape index (κ3) is 4.25. The maximum atomic E-state index is 11.9. The van der Waals surface area contributed by atoms with Gasteiger partial charge in [-0.1, -0.05) is 11.6 Å². The predicted octanol–water partition coefficient (Wildman–Crippen LogP) is 2.31. The van der Waals surface area contributed by atoms with Crippen molar-refractivity contribution in [2.75, 3.05) is 5.32 Å². The number of rotatable bonds is 4. The van der Waals surface area contributed by atoms with Crippen molar-refractivity contribution in [3.05, 3.63) is 53.4 Å². The molecule has 0 aliphatic heterocycles. The van der Waals surface area contributed by atoms with E-state index in [0.717, 1.165) is 0 Å². The lowest BCUT2D eigenvalue weighted by Crippen LogP contribution is -2.30. The van der Waals surface area contributed by atoms with E-state index in [0.29, 0.717) is 16.4 Å². The average Bonchev–Trinajstić information content (AvgIpc) is 2.50. The molecule has 0 aliphatic rings.